The SMILES string of the molecule is CCC(c1ccc(F)cc1F)N1CCN(C(=NC)NCCOCCOC)CC1. The van der Waals surface area contributed by atoms with Crippen LogP contribution in [-0.4, -0.2) is 82.5 Å². The molecule has 1 aliphatic heterocycles. The van der Waals surface area contributed by atoms with Crippen molar-refractivity contribution in [2.24, 2.45) is 4.99 Å². The van der Waals surface area contributed by atoms with E-state index in [4.69, 9.17) is 9.47 Å². The van der Waals surface area contributed by atoms with Crippen molar-refractivity contribution in [2.75, 3.05) is 66.7 Å². The van der Waals surface area contributed by atoms with Gasteiger partial charge in [0.1, 0.15) is 11.6 Å². The Labute approximate surface area is 166 Å². The van der Waals surface area contributed by atoms with E-state index in [0.29, 0.717) is 31.9 Å². The Balaban J connectivity index is 1.84. The van der Waals surface area contributed by atoms with Gasteiger partial charge in [0.15, 0.2) is 5.96 Å². The minimum atomic E-state index is -0.540. The average Bonchev–Trinajstić information content (AvgIpc) is 2.70. The number of rotatable bonds is 9. The van der Waals surface area contributed by atoms with Gasteiger partial charge in [-0.3, -0.25) is 9.89 Å². The molecule has 0 aliphatic carbocycles. The topological polar surface area (TPSA) is 49.3 Å². The molecule has 28 heavy (non-hydrogen) atoms. The molecule has 1 heterocycles. The molecule has 158 valence electrons. The number of nitrogens with zero attached hydrogens (tertiary/aromatic N) is 3. The molecule has 0 spiro atoms. The molecule has 1 unspecified atom stereocenters. The van der Waals surface area contributed by atoms with E-state index in [0.717, 1.165) is 44.6 Å². The molecule has 1 aromatic rings. The highest BCUT2D eigenvalue weighted by molar-refractivity contribution is 5.80. The van der Waals surface area contributed by atoms with Gasteiger partial charge in [-0.05, 0) is 12.5 Å². The van der Waals surface area contributed by atoms with Gasteiger partial charge in [-0.2, -0.15) is 0 Å². The van der Waals surface area contributed by atoms with E-state index < -0.39 is 11.6 Å². The predicted molar refractivity (Wildman–Crippen MR) is 107 cm³/mol. The third kappa shape index (κ3) is 6.39. The highest BCUT2D eigenvalue weighted by Crippen LogP contribution is 2.28. The van der Waals surface area contributed by atoms with Crippen molar-refractivity contribution in [1.82, 2.24) is 15.1 Å². The van der Waals surface area contributed by atoms with E-state index in [1.807, 2.05) is 6.92 Å². The van der Waals surface area contributed by atoms with Crippen LogP contribution in [0.2, 0.25) is 0 Å². The number of hydrogen-bond donors (Lipinski definition) is 1. The molecule has 1 aromatic carbocycles. The second-order valence-electron chi connectivity index (χ2n) is 6.69. The van der Waals surface area contributed by atoms with Gasteiger partial charge in [-0.1, -0.05) is 13.0 Å². The summed E-state index contributed by atoms with van der Waals surface area (Å²) in [5.74, 6) is -0.168. The van der Waals surface area contributed by atoms with E-state index in [9.17, 15) is 8.78 Å². The molecule has 1 N–H and O–H groups in total. The van der Waals surface area contributed by atoms with Crippen LogP contribution in [0.25, 0.3) is 0 Å². The molecule has 2 rings (SSSR count). The molecule has 0 bridgehead atoms. The van der Waals surface area contributed by atoms with Gasteiger partial charge in [0.25, 0.3) is 0 Å². The van der Waals surface area contributed by atoms with Crippen LogP contribution >= 0.6 is 0 Å². The first-order chi connectivity index (χ1) is 13.6. The third-order valence-electron chi connectivity index (χ3n) is 4.94. The summed E-state index contributed by atoms with van der Waals surface area (Å²) >= 11 is 0. The summed E-state index contributed by atoms with van der Waals surface area (Å²) in [5.41, 5.74) is 0.563. The first-order valence-corrected chi connectivity index (χ1v) is 9.82. The zero-order chi connectivity index (χ0) is 20.4. The van der Waals surface area contributed by atoms with Crippen LogP contribution < -0.4 is 5.32 Å². The number of piperazine rings is 1. The molecular formula is C20H32F2N4O2. The summed E-state index contributed by atoms with van der Waals surface area (Å²) < 4.78 is 37.9. The Kier molecular flexibility index (Phi) is 9.60. The van der Waals surface area contributed by atoms with Crippen LogP contribution in [0, 0.1) is 11.6 Å². The van der Waals surface area contributed by atoms with E-state index in [1.54, 1.807) is 20.2 Å². The number of hydrogen-bond acceptors (Lipinski definition) is 4. The Hall–Kier alpha value is -1.77. The van der Waals surface area contributed by atoms with Crippen LogP contribution in [0.5, 0.6) is 0 Å². The summed E-state index contributed by atoms with van der Waals surface area (Å²) in [5, 5.41) is 3.31. The maximum Gasteiger partial charge on any atom is 0.193 e. The van der Waals surface area contributed by atoms with Crippen molar-refractivity contribution < 1.29 is 18.3 Å². The van der Waals surface area contributed by atoms with Gasteiger partial charge in [0.05, 0.1) is 19.8 Å². The second-order valence-corrected chi connectivity index (χ2v) is 6.69. The lowest BCUT2D eigenvalue weighted by Gasteiger charge is -2.40. The Morgan fingerprint density at radius 2 is 1.93 bits per heavy atom. The van der Waals surface area contributed by atoms with Crippen LogP contribution in [0.4, 0.5) is 8.78 Å². The van der Waals surface area contributed by atoms with Crippen molar-refractivity contribution in [2.45, 2.75) is 19.4 Å². The molecule has 0 amide bonds. The van der Waals surface area contributed by atoms with Crippen molar-refractivity contribution in [3.05, 3.63) is 35.4 Å². The smallest absolute Gasteiger partial charge is 0.193 e. The fraction of sp³-hybridized carbons (Fsp3) is 0.650. The number of benzene rings is 1. The van der Waals surface area contributed by atoms with Crippen LogP contribution in [0.15, 0.2) is 23.2 Å². The van der Waals surface area contributed by atoms with E-state index in [1.165, 1.54) is 6.07 Å². The molecular weight excluding hydrogens is 366 g/mol. The van der Waals surface area contributed by atoms with Crippen LogP contribution in [0.3, 0.4) is 0 Å². The van der Waals surface area contributed by atoms with Gasteiger partial charge in [0, 0.05) is 64.6 Å². The van der Waals surface area contributed by atoms with Crippen LogP contribution in [-0.2, 0) is 9.47 Å². The van der Waals surface area contributed by atoms with Gasteiger partial charge < -0.3 is 19.7 Å². The van der Waals surface area contributed by atoms with E-state index >= 15 is 0 Å². The second kappa shape index (κ2) is 11.9. The third-order valence-corrected chi connectivity index (χ3v) is 4.94. The van der Waals surface area contributed by atoms with Gasteiger partial charge in [-0.15, -0.1) is 0 Å². The van der Waals surface area contributed by atoms with Crippen molar-refractivity contribution >= 4 is 5.96 Å². The van der Waals surface area contributed by atoms with Gasteiger partial charge >= 0.3 is 0 Å². The molecule has 0 aromatic heterocycles. The summed E-state index contributed by atoms with van der Waals surface area (Å²) in [4.78, 5) is 8.80. The van der Waals surface area contributed by atoms with Crippen molar-refractivity contribution in [1.29, 1.82) is 0 Å². The summed E-state index contributed by atoms with van der Waals surface area (Å²) in [7, 11) is 3.42. The molecule has 0 radical (unpaired) electrons. The molecule has 6 nitrogen and oxygen atoms in total. The number of aliphatic imine (C=N–C) groups is 1. The molecule has 0 saturated carbocycles. The van der Waals surface area contributed by atoms with Gasteiger partial charge in [-0.25, -0.2) is 8.78 Å². The summed E-state index contributed by atoms with van der Waals surface area (Å²) in [6, 6.07) is 3.81. The minimum absolute atomic E-state index is 0.0492. The lowest BCUT2D eigenvalue weighted by atomic mass is 10.0. The molecule has 1 fully saturated rings. The number of nitrogens with one attached hydrogen (secondary N) is 1. The van der Waals surface area contributed by atoms with Crippen LogP contribution in [0.1, 0.15) is 24.9 Å². The highest BCUT2D eigenvalue weighted by atomic mass is 19.1. The van der Waals surface area contributed by atoms with E-state index in [2.05, 4.69) is 20.1 Å². The normalized spacial score (nSPS) is 17.0. The first kappa shape index (κ1) is 22.5. The molecule has 1 saturated heterocycles. The van der Waals surface area contributed by atoms with Gasteiger partial charge in [0.2, 0.25) is 0 Å². The summed E-state index contributed by atoms with van der Waals surface area (Å²) in [6.07, 6.45) is 0.772. The van der Waals surface area contributed by atoms with Crippen molar-refractivity contribution in [3.8, 4) is 0 Å². The van der Waals surface area contributed by atoms with Crippen molar-refractivity contribution in [3.63, 3.8) is 0 Å². The number of methoxy groups -OCH3 is 1. The zero-order valence-corrected chi connectivity index (χ0v) is 17.1. The number of guanidine groups is 1. The quantitative estimate of drug-likeness (QED) is 0.393. The highest BCUT2D eigenvalue weighted by Gasteiger charge is 2.27. The first-order valence-electron chi connectivity index (χ1n) is 9.82. The fourth-order valence-electron chi connectivity index (χ4n) is 3.50. The fourth-order valence-corrected chi connectivity index (χ4v) is 3.50. The largest absolute Gasteiger partial charge is 0.382 e. The molecule has 8 heteroatoms. The Bertz CT molecular complexity index is 622. The maximum absolute atomic E-state index is 14.2. The lowest BCUT2D eigenvalue weighted by molar-refractivity contribution is 0.0728. The number of ether oxygens (including phenoxy) is 2. The molecule has 1 atom stereocenters. The number of halogens is 2. The maximum atomic E-state index is 14.2. The Morgan fingerprint density at radius 1 is 1.18 bits per heavy atom. The summed E-state index contributed by atoms with van der Waals surface area (Å²) in [6.45, 7) is 7.63. The predicted octanol–water partition coefficient (Wildman–Crippen LogP) is 2.27. The zero-order valence-electron chi connectivity index (χ0n) is 17.1. The molecule has 1 aliphatic rings. The van der Waals surface area contributed by atoms with E-state index in [-0.39, 0.29) is 6.04 Å². The monoisotopic (exact) mass is 398 g/mol. The Morgan fingerprint density at radius 3 is 2.54 bits per heavy atom. The lowest BCUT2D eigenvalue weighted by Crippen LogP contribution is -2.53. The average molecular weight is 398 g/mol. The standard InChI is InChI=1S/C20H32F2N4O2/c1-4-19(17-6-5-16(21)15-18(17)22)25-8-10-26(11-9-25)20(23-2)24-7-12-28-14-13-27-3/h5-6,15,19H,4,7-14H2,1-3H3,(H,23,24). The minimum Gasteiger partial charge on any atom is -0.382 e.